The maximum Gasteiger partial charge on any atom is 0.297 e. The Morgan fingerprint density at radius 3 is 2.33 bits per heavy atom. The fourth-order valence-corrected chi connectivity index (χ4v) is 4.31. The maximum absolute atomic E-state index is 13.5. The first kappa shape index (κ1) is 23.2. The quantitative estimate of drug-likeness (QED) is 0.334. The first-order valence-corrected chi connectivity index (χ1v) is 11.6. The Balaban J connectivity index is 1.78. The lowest BCUT2D eigenvalue weighted by atomic mass is 10.1. The summed E-state index contributed by atoms with van der Waals surface area (Å²) < 4.78 is 20.6. The van der Waals surface area contributed by atoms with Crippen LogP contribution in [0.3, 0.4) is 0 Å². The van der Waals surface area contributed by atoms with Gasteiger partial charge in [0, 0.05) is 24.1 Å². The molecule has 7 nitrogen and oxygen atoms in total. The molecule has 0 N–H and O–H groups in total. The van der Waals surface area contributed by atoms with Crippen LogP contribution in [0.1, 0.15) is 11.3 Å². The maximum atomic E-state index is 13.5. The Labute approximate surface area is 208 Å². The van der Waals surface area contributed by atoms with Crippen molar-refractivity contribution in [1.29, 1.82) is 0 Å². The van der Waals surface area contributed by atoms with Crippen LogP contribution in [-0.2, 0) is 7.05 Å². The van der Waals surface area contributed by atoms with Crippen LogP contribution in [0.15, 0.2) is 87.0 Å². The van der Waals surface area contributed by atoms with Gasteiger partial charge in [-0.25, -0.2) is 9.67 Å². The lowest BCUT2D eigenvalue weighted by Gasteiger charge is -2.10. The van der Waals surface area contributed by atoms with E-state index in [2.05, 4.69) is 0 Å². The zero-order chi connectivity index (χ0) is 25.4. The predicted octanol–water partition coefficient (Wildman–Crippen LogP) is 5.46. The standard InChI is InChI=1S/C29H27N3O4/c1-18-11-13-24-22(15-18)23(17-26(36-24)20-12-14-25(34-4)27(16-20)35-5)30-28-19(2)31(3)32(29(28)33)21-9-7-6-8-10-21/h6-17H,1-5H3. The van der Waals surface area contributed by atoms with Crippen LogP contribution in [0.5, 0.6) is 11.5 Å². The number of nitrogens with zero attached hydrogens (tertiary/aromatic N) is 3. The Morgan fingerprint density at radius 1 is 0.861 bits per heavy atom. The molecule has 0 fully saturated rings. The molecule has 0 spiro atoms. The second-order valence-electron chi connectivity index (χ2n) is 8.59. The van der Waals surface area contributed by atoms with E-state index in [0.29, 0.717) is 33.9 Å². The minimum atomic E-state index is -0.185. The van der Waals surface area contributed by atoms with E-state index < -0.39 is 0 Å². The van der Waals surface area contributed by atoms with Crippen molar-refractivity contribution in [1.82, 2.24) is 9.36 Å². The third-order valence-electron chi connectivity index (χ3n) is 6.32. The van der Waals surface area contributed by atoms with Gasteiger partial charge in [-0.1, -0.05) is 29.8 Å². The van der Waals surface area contributed by atoms with E-state index >= 15 is 0 Å². The lowest BCUT2D eigenvalue weighted by molar-refractivity contribution is 0.355. The van der Waals surface area contributed by atoms with Gasteiger partial charge in [0.2, 0.25) is 0 Å². The molecule has 36 heavy (non-hydrogen) atoms. The minimum absolute atomic E-state index is 0.185. The van der Waals surface area contributed by atoms with Crippen molar-refractivity contribution in [3.63, 3.8) is 0 Å². The van der Waals surface area contributed by atoms with Crippen molar-refractivity contribution >= 4 is 16.7 Å². The molecule has 3 aromatic carbocycles. The Kier molecular flexibility index (Phi) is 5.98. The van der Waals surface area contributed by atoms with Crippen LogP contribution in [0, 0.1) is 13.8 Å². The van der Waals surface area contributed by atoms with Gasteiger partial charge in [-0.2, -0.15) is 0 Å². The van der Waals surface area contributed by atoms with Crippen molar-refractivity contribution in [3.8, 4) is 28.5 Å². The summed E-state index contributed by atoms with van der Waals surface area (Å²) in [5.74, 6) is 1.82. The predicted molar refractivity (Wildman–Crippen MR) is 140 cm³/mol. The SMILES string of the molecule is COc1ccc(-c2cc(=Nc3c(C)n(C)n(-c4ccccc4)c3=O)c3cc(C)ccc3o2)cc1OC. The van der Waals surface area contributed by atoms with Gasteiger partial charge in [-0.05, 0) is 56.3 Å². The molecule has 2 heterocycles. The summed E-state index contributed by atoms with van der Waals surface area (Å²) in [7, 11) is 5.06. The largest absolute Gasteiger partial charge is 0.493 e. The first-order valence-electron chi connectivity index (χ1n) is 11.6. The Hall–Kier alpha value is -4.52. The average molecular weight is 482 g/mol. The summed E-state index contributed by atoms with van der Waals surface area (Å²) in [6.45, 7) is 3.91. The van der Waals surface area contributed by atoms with Gasteiger partial charge in [0.05, 0.1) is 31.0 Å². The molecule has 5 rings (SSSR count). The highest BCUT2D eigenvalue weighted by Crippen LogP contribution is 2.33. The van der Waals surface area contributed by atoms with Crippen LogP contribution in [0.25, 0.3) is 28.0 Å². The number of hydrogen-bond acceptors (Lipinski definition) is 5. The minimum Gasteiger partial charge on any atom is -0.493 e. The number of ether oxygens (including phenoxy) is 2. The van der Waals surface area contributed by atoms with Crippen LogP contribution in [-0.4, -0.2) is 23.6 Å². The Morgan fingerprint density at radius 2 is 1.61 bits per heavy atom. The van der Waals surface area contributed by atoms with Gasteiger partial charge < -0.3 is 13.9 Å². The van der Waals surface area contributed by atoms with Crippen molar-refractivity contribution in [3.05, 3.63) is 99.8 Å². The topological polar surface area (TPSA) is 70.9 Å². The number of aryl methyl sites for hydroxylation is 1. The van der Waals surface area contributed by atoms with Crippen molar-refractivity contribution < 1.29 is 13.9 Å². The van der Waals surface area contributed by atoms with E-state index in [9.17, 15) is 4.79 Å². The van der Waals surface area contributed by atoms with Crippen LogP contribution >= 0.6 is 0 Å². The number of methoxy groups -OCH3 is 2. The Bertz CT molecular complexity index is 1710. The summed E-state index contributed by atoms with van der Waals surface area (Å²) in [5, 5.41) is 1.48. The molecule has 0 aliphatic rings. The molecule has 7 heteroatoms. The third-order valence-corrected chi connectivity index (χ3v) is 6.32. The van der Waals surface area contributed by atoms with E-state index in [1.807, 2.05) is 98.4 Å². The normalized spacial score (nSPS) is 11.8. The number of benzene rings is 3. The zero-order valence-corrected chi connectivity index (χ0v) is 20.9. The molecule has 5 aromatic rings. The lowest BCUT2D eigenvalue weighted by Crippen LogP contribution is -2.19. The van der Waals surface area contributed by atoms with E-state index in [1.165, 1.54) is 0 Å². The summed E-state index contributed by atoms with van der Waals surface area (Å²) in [5.41, 5.74) is 4.28. The van der Waals surface area contributed by atoms with Crippen LogP contribution < -0.4 is 20.4 Å². The molecule has 0 bridgehead atoms. The van der Waals surface area contributed by atoms with Gasteiger partial charge >= 0.3 is 0 Å². The summed E-state index contributed by atoms with van der Waals surface area (Å²) in [6, 6.07) is 22.9. The second kappa shape index (κ2) is 9.26. The molecule has 182 valence electrons. The highest BCUT2D eigenvalue weighted by Gasteiger charge is 2.16. The molecular formula is C29H27N3O4. The van der Waals surface area contributed by atoms with E-state index in [1.54, 1.807) is 18.9 Å². The molecule has 0 aliphatic heterocycles. The first-order chi connectivity index (χ1) is 17.4. The monoisotopic (exact) mass is 481 g/mol. The number of aromatic nitrogens is 2. The summed E-state index contributed by atoms with van der Waals surface area (Å²) >= 11 is 0. The van der Waals surface area contributed by atoms with Gasteiger partial charge in [0.1, 0.15) is 11.3 Å². The molecule has 0 saturated heterocycles. The average Bonchev–Trinajstić information content (AvgIpc) is 3.11. The zero-order valence-electron chi connectivity index (χ0n) is 20.9. The van der Waals surface area contributed by atoms with E-state index in [0.717, 1.165) is 27.9 Å². The number of hydrogen-bond donors (Lipinski definition) is 0. The van der Waals surface area contributed by atoms with Gasteiger partial charge in [-0.15, -0.1) is 0 Å². The number of para-hydroxylation sites is 1. The van der Waals surface area contributed by atoms with Gasteiger partial charge in [-0.3, -0.25) is 9.48 Å². The molecule has 0 unspecified atom stereocenters. The fourth-order valence-electron chi connectivity index (χ4n) is 4.31. The second-order valence-corrected chi connectivity index (χ2v) is 8.59. The van der Waals surface area contributed by atoms with E-state index in [-0.39, 0.29) is 5.56 Å². The molecular weight excluding hydrogens is 454 g/mol. The summed E-state index contributed by atoms with van der Waals surface area (Å²) in [6.07, 6.45) is 0. The van der Waals surface area contributed by atoms with Crippen molar-refractivity contribution in [2.75, 3.05) is 14.2 Å². The van der Waals surface area contributed by atoms with Crippen molar-refractivity contribution in [2.24, 2.45) is 12.0 Å². The van der Waals surface area contributed by atoms with Crippen molar-refractivity contribution in [2.45, 2.75) is 13.8 Å². The highest BCUT2D eigenvalue weighted by molar-refractivity contribution is 5.79. The molecule has 0 saturated carbocycles. The molecule has 0 atom stereocenters. The number of fused-ring (bicyclic) bond motifs is 1. The van der Waals surface area contributed by atoms with Gasteiger partial charge in [0.15, 0.2) is 17.2 Å². The van der Waals surface area contributed by atoms with Crippen LogP contribution in [0.2, 0.25) is 0 Å². The van der Waals surface area contributed by atoms with Crippen LogP contribution in [0.4, 0.5) is 5.69 Å². The molecule has 0 radical (unpaired) electrons. The smallest absolute Gasteiger partial charge is 0.297 e. The third kappa shape index (κ3) is 3.98. The molecule has 0 aliphatic carbocycles. The van der Waals surface area contributed by atoms with Gasteiger partial charge in [0.25, 0.3) is 5.56 Å². The number of rotatable bonds is 5. The van der Waals surface area contributed by atoms with E-state index in [4.69, 9.17) is 18.9 Å². The summed E-state index contributed by atoms with van der Waals surface area (Å²) in [4.78, 5) is 18.4. The fraction of sp³-hybridized carbons (Fsp3) is 0.172. The highest BCUT2D eigenvalue weighted by atomic mass is 16.5. The molecule has 0 amide bonds. The molecule has 2 aromatic heterocycles.